The molecule has 1 aliphatic heterocycles. The number of hydrogen-bond donors (Lipinski definition) is 0. The maximum absolute atomic E-state index is 4.60. The molecule has 0 spiro atoms. The number of pyridine rings is 1. The molecule has 0 atom stereocenters. The standard InChI is InChI=1S/C13H16N6/c1-18-6-8-19(9-7-18)13-16-12(10-15-17-13)11-2-4-14-5-3-11/h2-5,10H,6-9H2,1H3. The zero-order chi connectivity index (χ0) is 13.1. The van der Waals surface area contributed by atoms with Crippen LogP contribution in [-0.2, 0) is 0 Å². The summed E-state index contributed by atoms with van der Waals surface area (Å²) >= 11 is 0. The van der Waals surface area contributed by atoms with Crippen LogP contribution in [0.4, 0.5) is 5.95 Å². The van der Waals surface area contributed by atoms with Crippen LogP contribution >= 0.6 is 0 Å². The van der Waals surface area contributed by atoms with Gasteiger partial charge in [0.25, 0.3) is 0 Å². The lowest BCUT2D eigenvalue weighted by Gasteiger charge is -2.32. The molecule has 0 radical (unpaired) electrons. The van der Waals surface area contributed by atoms with E-state index >= 15 is 0 Å². The summed E-state index contributed by atoms with van der Waals surface area (Å²) in [5.74, 6) is 0.711. The highest BCUT2D eigenvalue weighted by Gasteiger charge is 2.17. The summed E-state index contributed by atoms with van der Waals surface area (Å²) in [4.78, 5) is 13.1. The van der Waals surface area contributed by atoms with Crippen molar-refractivity contribution in [3.8, 4) is 11.3 Å². The molecule has 3 rings (SSSR count). The third-order valence-corrected chi connectivity index (χ3v) is 3.31. The average molecular weight is 256 g/mol. The number of aromatic nitrogens is 4. The second kappa shape index (κ2) is 5.27. The Balaban J connectivity index is 1.84. The first-order valence-electron chi connectivity index (χ1n) is 6.36. The van der Waals surface area contributed by atoms with E-state index in [1.54, 1.807) is 18.6 Å². The van der Waals surface area contributed by atoms with E-state index in [2.05, 4.69) is 37.0 Å². The molecule has 0 bridgehead atoms. The van der Waals surface area contributed by atoms with Crippen molar-refractivity contribution in [1.82, 2.24) is 25.1 Å². The molecule has 19 heavy (non-hydrogen) atoms. The second-order valence-electron chi connectivity index (χ2n) is 4.67. The fourth-order valence-electron chi connectivity index (χ4n) is 2.10. The number of likely N-dealkylation sites (N-methyl/N-ethyl adjacent to an activating group) is 1. The van der Waals surface area contributed by atoms with Crippen molar-refractivity contribution in [2.24, 2.45) is 0 Å². The molecule has 2 aromatic heterocycles. The Bertz CT molecular complexity index is 536. The molecule has 1 aliphatic rings. The highest BCUT2D eigenvalue weighted by molar-refractivity contribution is 5.58. The molecule has 0 unspecified atom stereocenters. The number of piperazine rings is 1. The van der Waals surface area contributed by atoms with Gasteiger partial charge in [-0.2, -0.15) is 5.10 Å². The lowest BCUT2D eigenvalue weighted by molar-refractivity contribution is 0.311. The van der Waals surface area contributed by atoms with Crippen LogP contribution in [0.3, 0.4) is 0 Å². The monoisotopic (exact) mass is 256 g/mol. The van der Waals surface area contributed by atoms with E-state index in [1.165, 1.54) is 0 Å². The molecule has 0 aliphatic carbocycles. The van der Waals surface area contributed by atoms with Crippen LogP contribution in [0.1, 0.15) is 0 Å². The number of nitrogens with zero attached hydrogens (tertiary/aromatic N) is 6. The Hall–Kier alpha value is -2.08. The third kappa shape index (κ3) is 2.68. The third-order valence-electron chi connectivity index (χ3n) is 3.31. The molecule has 0 aromatic carbocycles. The highest BCUT2D eigenvalue weighted by atomic mass is 15.4. The molecule has 1 fully saturated rings. The van der Waals surface area contributed by atoms with Gasteiger partial charge in [-0.25, -0.2) is 4.98 Å². The maximum atomic E-state index is 4.60. The van der Waals surface area contributed by atoms with Gasteiger partial charge in [0, 0.05) is 44.1 Å². The first-order chi connectivity index (χ1) is 9.33. The van der Waals surface area contributed by atoms with Gasteiger partial charge in [-0.05, 0) is 19.2 Å². The van der Waals surface area contributed by atoms with E-state index in [4.69, 9.17) is 0 Å². The Morgan fingerprint density at radius 3 is 2.53 bits per heavy atom. The zero-order valence-electron chi connectivity index (χ0n) is 10.9. The van der Waals surface area contributed by atoms with Crippen molar-refractivity contribution < 1.29 is 0 Å². The van der Waals surface area contributed by atoms with Crippen LogP contribution in [0, 0.1) is 0 Å². The van der Waals surface area contributed by atoms with Crippen LogP contribution in [0.5, 0.6) is 0 Å². The molecular formula is C13H16N6. The van der Waals surface area contributed by atoms with Crippen molar-refractivity contribution in [3.05, 3.63) is 30.7 Å². The van der Waals surface area contributed by atoms with E-state index in [9.17, 15) is 0 Å². The quantitative estimate of drug-likeness (QED) is 0.787. The number of hydrogen-bond acceptors (Lipinski definition) is 6. The molecule has 1 saturated heterocycles. The summed E-state index contributed by atoms with van der Waals surface area (Å²) in [5, 5.41) is 8.21. The van der Waals surface area contributed by atoms with Gasteiger partial charge in [0.1, 0.15) is 0 Å². The zero-order valence-corrected chi connectivity index (χ0v) is 10.9. The van der Waals surface area contributed by atoms with E-state index in [0.29, 0.717) is 5.95 Å². The van der Waals surface area contributed by atoms with Crippen molar-refractivity contribution in [2.45, 2.75) is 0 Å². The Kier molecular flexibility index (Phi) is 3.33. The maximum Gasteiger partial charge on any atom is 0.245 e. The fourth-order valence-corrected chi connectivity index (χ4v) is 2.10. The van der Waals surface area contributed by atoms with Gasteiger partial charge in [0.05, 0.1) is 11.9 Å². The fraction of sp³-hybridized carbons (Fsp3) is 0.385. The van der Waals surface area contributed by atoms with Gasteiger partial charge < -0.3 is 9.80 Å². The summed E-state index contributed by atoms with van der Waals surface area (Å²) in [6, 6.07) is 3.86. The lowest BCUT2D eigenvalue weighted by Crippen LogP contribution is -2.45. The van der Waals surface area contributed by atoms with Crippen molar-refractivity contribution in [1.29, 1.82) is 0 Å². The van der Waals surface area contributed by atoms with Crippen molar-refractivity contribution in [3.63, 3.8) is 0 Å². The van der Waals surface area contributed by atoms with Gasteiger partial charge in [-0.1, -0.05) is 0 Å². The van der Waals surface area contributed by atoms with Crippen LogP contribution < -0.4 is 4.90 Å². The summed E-state index contributed by atoms with van der Waals surface area (Å²) in [5.41, 5.74) is 1.85. The van der Waals surface area contributed by atoms with Crippen LogP contribution in [-0.4, -0.2) is 58.3 Å². The molecule has 6 nitrogen and oxygen atoms in total. The SMILES string of the molecule is CN1CCN(c2nncc(-c3ccncc3)n2)CC1. The minimum absolute atomic E-state index is 0.711. The van der Waals surface area contributed by atoms with Gasteiger partial charge in [-0.15, -0.1) is 5.10 Å². The van der Waals surface area contributed by atoms with Gasteiger partial charge in [-0.3, -0.25) is 4.98 Å². The molecule has 3 heterocycles. The summed E-state index contributed by atoms with van der Waals surface area (Å²) in [6.07, 6.45) is 5.20. The summed E-state index contributed by atoms with van der Waals surface area (Å²) in [6.45, 7) is 3.95. The molecule has 98 valence electrons. The van der Waals surface area contributed by atoms with Crippen LogP contribution in [0.25, 0.3) is 11.3 Å². The molecule has 0 saturated carbocycles. The Morgan fingerprint density at radius 1 is 1.05 bits per heavy atom. The molecule has 0 amide bonds. The largest absolute Gasteiger partial charge is 0.337 e. The van der Waals surface area contributed by atoms with Crippen molar-refractivity contribution >= 4 is 5.95 Å². The van der Waals surface area contributed by atoms with Crippen LogP contribution in [0.15, 0.2) is 30.7 Å². The van der Waals surface area contributed by atoms with E-state index in [-0.39, 0.29) is 0 Å². The van der Waals surface area contributed by atoms with E-state index in [1.807, 2.05) is 12.1 Å². The van der Waals surface area contributed by atoms with E-state index in [0.717, 1.165) is 37.4 Å². The summed E-state index contributed by atoms with van der Waals surface area (Å²) in [7, 11) is 2.13. The van der Waals surface area contributed by atoms with Crippen LogP contribution in [0.2, 0.25) is 0 Å². The number of anilines is 1. The topological polar surface area (TPSA) is 58.0 Å². The predicted molar refractivity (Wildman–Crippen MR) is 72.8 cm³/mol. The first-order valence-corrected chi connectivity index (χ1v) is 6.36. The second-order valence-corrected chi connectivity index (χ2v) is 4.67. The lowest BCUT2D eigenvalue weighted by atomic mass is 10.2. The highest BCUT2D eigenvalue weighted by Crippen LogP contribution is 2.17. The molecule has 0 N–H and O–H groups in total. The first kappa shape index (κ1) is 12.0. The van der Waals surface area contributed by atoms with Crippen molar-refractivity contribution in [2.75, 3.05) is 38.1 Å². The molecule has 2 aromatic rings. The smallest absolute Gasteiger partial charge is 0.245 e. The summed E-state index contributed by atoms with van der Waals surface area (Å²) < 4.78 is 0. The van der Waals surface area contributed by atoms with E-state index < -0.39 is 0 Å². The molecular weight excluding hydrogens is 240 g/mol. The Morgan fingerprint density at radius 2 is 1.79 bits per heavy atom. The minimum atomic E-state index is 0.711. The average Bonchev–Trinajstić information content (AvgIpc) is 2.49. The van der Waals surface area contributed by atoms with Gasteiger partial charge >= 0.3 is 0 Å². The van der Waals surface area contributed by atoms with Gasteiger partial charge in [0.15, 0.2) is 0 Å². The Labute approximate surface area is 112 Å². The minimum Gasteiger partial charge on any atom is -0.337 e. The molecule has 6 heteroatoms. The van der Waals surface area contributed by atoms with Gasteiger partial charge in [0.2, 0.25) is 5.95 Å². The predicted octanol–water partition coefficient (Wildman–Crippen LogP) is 0.685. The number of rotatable bonds is 2. The normalized spacial score (nSPS) is 16.6.